The van der Waals surface area contributed by atoms with E-state index in [1.54, 1.807) is 17.2 Å². The fraction of sp³-hybridized carbons (Fsp3) is 0.351. The van der Waals surface area contributed by atoms with E-state index in [2.05, 4.69) is 41.3 Å². The Morgan fingerprint density at radius 3 is 2.53 bits per heavy atom. The van der Waals surface area contributed by atoms with E-state index in [9.17, 15) is 14.4 Å². The first-order valence-electron chi connectivity index (χ1n) is 17.6. The third-order valence-electron chi connectivity index (χ3n) is 10.7. The van der Waals surface area contributed by atoms with Crippen LogP contribution in [0.15, 0.2) is 73.3 Å². The van der Waals surface area contributed by atoms with Gasteiger partial charge in [0.15, 0.2) is 0 Å². The molecule has 4 aliphatic heterocycles. The number of nitrogens with one attached hydrogen (secondary N) is 2. The van der Waals surface area contributed by atoms with Crippen LogP contribution in [0.25, 0.3) is 22.3 Å². The van der Waals surface area contributed by atoms with Crippen molar-refractivity contribution in [1.82, 2.24) is 44.8 Å². The molecule has 258 valence electrons. The fourth-order valence-electron chi connectivity index (χ4n) is 7.91. The Morgan fingerprint density at radius 1 is 0.824 bits per heavy atom. The molecule has 0 saturated carbocycles. The molecule has 2 unspecified atom stereocenters. The Hall–Kier alpha value is -5.76. The van der Waals surface area contributed by atoms with Crippen molar-refractivity contribution in [1.29, 1.82) is 0 Å². The molecule has 2 atom stereocenters. The standard InChI is InChI=1S/C37H37N11O3/c49-34-9-8-32(35(50)44-34)47-22-27-26(36(47)51)4-3-7-28(27)42-33-10-14-38-37(43-33)46-17-13-25(21-46)45-15-11-24(12-16-45)48-20-23(18-40-48)31-19-39-29-5-1-2-6-30(29)41-31/h1-7,10,14,18-20,24-25,32H,8-9,11-13,15-17,21-22H2,(H,38,42,43)(H,44,49,50). The van der Waals surface area contributed by atoms with E-state index >= 15 is 0 Å². The number of aromatic nitrogens is 6. The number of anilines is 3. The average Bonchev–Trinajstić information content (AvgIpc) is 3.92. The number of hydrogen-bond acceptors (Lipinski definition) is 11. The van der Waals surface area contributed by atoms with Gasteiger partial charge in [0.2, 0.25) is 17.8 Å². The SMILES string of the molecule is O=C1CCC(N2Cc3c(Nc4ccnc(N5CCC(N6CCC(n7cc(-c8cnc9ccccc9n8)cn7)CC6)C5)n4)cccc3C2=O)C(=O)N1. The number of imide groups is 1. The number of carbonyl (C=O) groups is 3. The van der Waals surface area contributed by atoms with Gasteiger partial charge in [-0.3, -0.25) is 34.3 Å². The predicted octanol–water partition coefficient (Wildman–Crippen LogP) is 3.70. The summed E-state index contributed by atoms with van der Waals surface area (Å²) in [5.41, 5.74) is 5.72. The molecule has 2 aromatic carbocycles. The summed E-state index contributed by atoms with van der Waals surface area (Å²) in [6.07, 6.45) is 11.2. The first-order valence-corrected chi connectivity index (χ1v) is 17.6. The predicted molar refractivity (Wildman–Crippen MR) is 189 cm³/mol. The van der Waals surface area contributed by atoms with Crippen molar-refractivity contribution in [2.75, 3.05) is 36.4 Å². The van der Waals surface area contributed by atoms with Gasteiger partial charge in [-0.05, 0) is 56.0 Å². The summed E-state index contributed by atoms with van der Waals surface area (Å²) in [4.78, 5) is 62.7. The smallest absolute Gasteiger partial charge is 0.255 e. The second kappa shape index (κ2) is 12.8. The highest BCUT2D eigenvalue weighted by Crippen LogP contribution is 2.34. The number of para-hydroxylation sites is 2. The highest BCUT2D eigenvalue weighted by molar-refractivity contribution is 6.06. The zero-order valence-corrected chi connectivity index (χ0v) is 28.0. The maximum absolute atomic E-state index is 13.3. The third-order valence-corrected chi connectivity index (χ3v) is 10.7. The van der Waals surface area contributed by atoms with Crippen molar-refractivity contribution in [2.24, 2.45) is 0 Å². The van der Waals surface area contributed by atoms with E-state index in [-0.39, 0.29) is 24.8 Å². The molecule has 0 spiro atoms. The van der Waals surface area contributed by atoms with E-state index in [1.807, 2.05) is 54.9 Å². The Labute approximate surface area is 293 Å². The zero-order chi connectivity index (χ0) is 34.5. The van der Waals surface area contributed by atoms with Gasteiger partial charge in [0.1, 0.15) is 11.9 Å². The van der Waals surface area contributed by atoms with Crippen molar-refractivity contribution in [2.45, 2.75) is 56.8 Å². The molecule has 9 rings (SSSR count). The van der Waals surface area contributed by atoms with Crippen LogP contribution in [0, 0.1) is 0 Å². The van der Waals surface area contributed by atoms with Crippen molar-refractivity contribution >= 4 is 46.2 Å². The van der Waals surface area contributed by atoms with E-state index in [1.165, 1.54) is 0 Å². The molecular weight excluding hydrogens is 646 g/mol. The first-order chi connectivity index (χ1) is 25.0. The number of carbonyl (C=O) groups excluding carboxylic acids is 3. The van der Waals surface area contributed by atoms with Crippen LogP contribution in [0.4, 0.5) is 17.5 Å². The summed E-state index contributed by atoms with van der Waals surface area (Å²) >= 11 is 0. The van der Waals surface area contributed by atoms with Gasteiger partial charge >= 0.3 is 0 Å². The molecule has 3 aromatic heterocycles. The number of piperidine rings is 2. The molecule has 0 aliphatic carbocycles. The van der Waals surface area contributed by atoms with Gasteiger partial charge in [-0.25, -0.2) is 9.97 Å². The molecule has 4 aliphatic rings. The molecule has 7 heterocycles. The van der Waals surface area contributed by atoms with E-state index in [0.717, 1.165) is 79.0 Å². The topological polar surface area (TPSA) is 154 Å². The van der Waals surface area contributed by atoms with Crippen LogP contribution in [0.3, 0.4) is 0 Å². The molecule has 0 bridgehead atoms. The number of fused-ring (bicyclic) bond motifs is 2. The summed E-state index contributed by atoms with van der Waals surface area (Å²) in [5, 5.41) is 10.5. The molecule has 0 radical (unpaired) electrons. The highest BCUT2D eigenvalue weighted by Gasteiger charge is 2.40. The molecule has 5 aromatic rings. The number of benzene rings is 2. The highest BCUT2D eigenvalue weighted by atomic mass is 16.2. The van der Waals surface area contributed by atoms with Crippen LogP contribution >= 0.6 is 0 Å². The molecule has 3 saturated heterocycles. The minimum Gasteiger partial charge on any atom is -0.340 e. The monoisotopic (exact) mass is 683 g/mol. The quantitative estimate of drug-likeness (QED) is 0.242. The normalized spacial score (nSPS) is 21.4. The summed E-state index contributed by atoms with van der Waals surface area (Å²) in [6.45, 7) is 4.03. The molecular formula is C37H37N11O3. The summed E-state index contributed by atoms with van der Waals surface area (Å²) < 4.78 is 2.10. The van der Waals surface area contributed by atoms with Crippen molar-refractivity contribution in [3.8, 4) is 11.3 Å². The van der Waals surface area contributed by atoms with Crippen LogP contribution < -0.4 is 15.5 Å². The van der Waals surface area contributed by atoms with E-state index in [0.29, 0.717) is 35.8 Å². The number of nitrogens with zero attached hydrogens (tertiary/aromatic N) is 9. The number of hydrogen-bond donors (Lipinski definition) is 2. The number of rotatable bonds is 7. The minimum absolute atomic E-state index is 0.205. The van der Waals surface area contributed by atoms with Gasteiger partial charge in [-0.1, -0.05) is 18.2 Å². The Kier molecular flexibility index (Phi) is 7.87. The lowest BCUT2D eigenvalue weighted by Gasteiger charge is -2.36. The Bertz CT molecular complexity index is 2160. The van der Waals surface area contributed by atoms with Crippen LogP contribution in [-0.2, 0) is 16.1 Å². The van der Waals surface area contributed by atoms with E-state index < -0.39 is 11.9 Å². The molecule has 51 heavy (non-hydrogen) atoms. The lowest BCUT2D eigenvalue weighted by Crippen LogP contribution is -2.52. The van der Waals surface area contributed by atoms with Gasteiger partial charge in [-0.2, -0.15) is 10.1 Å². The maximum atomic E-state index is 13.3. The van der Waals surface area contributed by atoms with Gasteiger partial charge in [-0.15, -0.1) is 0 Å². The van der Waals surface area contributed by atoms with Crippen LogP contribution in [-0.4, -0.2) is 95.5 Å². The number of likely N-dealkylation sites (tertiary alicyclic amines) is 1. The van der Waals surface area contributed by atoms with Crippen LogP contribution in [0.2, 0.25) is 0 Å². The van der Waals surface area contributed by atoms with Crippen LogP contribution in [0.1, 0.15) is 54.1 Å². The second-order valence-electron chi connectivity index (χ2n) is 13.7. The third kappa shape index (κ3) is 5.94. The first kappa shape index (κ1) is 31.2. The molecule has 2 N–H and O–H groups in total. The van der Waals surface area contributed by atoms with Gasteiger partial charge in [0.05, 0.1) is 35.2 Å². The summed E-state index contributed by atoms with van der Waals surface area (Å²) in [7, 11) is 0. The zero-order valence-electron chi connectivity index (χ0n) is 28.0. The summed E-state index contributed by atoms with van der Waals surface area (Å²) in [5.74, 6) is 0.384. The van der Waals surface area contributed by atoms with Crippen molar-refractivity contribution < 1.29 is 14.4 Å². The average molecular weight is 684 g/mol. The Morgan fingerprint density at radius 2 is 1.67 bits per heavy atom. The Balaban J connectivity index is 0.816. The molecule has 3 fully saturated rings. The minimum atomic E-state index is -0.662. The van der Waals surface area contributed by atoms with Crippen LogP contribution in [0.5, 0.6) is 0 Å². The second-order valence-corrected chi connectivity index (χ2v) is 13.7. The van der Waals surface area contributed by atoms with Gasteiger partial charge in [0.25, 0.3) is 5.91 Å². The largest absolute Gasteiger partial charge is 0.340 e. The summed E-state index contributed by atoms with van der Waals surface area (Å²) in [6, 6.07) is 15.4. The molecule has 14 heteroatoms. The molecule has 14 nitrogen and oxygen atoms in total. The lowest BCUT2D eigenvalue weighted by molar-refractivity contribution is -0.136. The van der Waals surface area contributed by atoms with Crippen molar-refractivity contribution in [3.63, 3.8) is 0 Å². The fourth-order valence-corrected chi connectivity index (χ4v) is 7.91. The van der Waals surface area contributed by atoms with Crippen molar-refractivity contribution in [3.05, 3.63) is 84.4 Å². The van der Waals surface area contributed by atoms with Gasteiger partial charge in [0, 0.05) is 80.0 Å². The lowest BCUT2D eigenvalue weighted by atomic mass is 10.0. The number of amides is 3. The molecule has 3 amide bonds. The maximum Gasteiger partial charge on any atom is 0.255 e. The van der Waals surface area contributed by atoms with E-state index in [4.69, 9.17) is 15.1 Å². The van der Waals surface area contributed by atoms with Gasteiger partial charge < -0.3 is 15.1 Å².